The Hall–Kier alpha value is -0.640. The fourth-order valence-corrected chi connectivity index (χ4v) is 3.00. The minimum atomic E-state index is 0.0121. The number of hydrogen-bond acceptors (Lipinski definition) is 2. The Labute approximate surface area is 88.3 Å². The molecule has 13 heavy (non-hydrogen) atoms. The van der Waals surface area contributed by atoms with Gasteiger partial charge >= 0.3 is 0 Å². The van der Waals surface area contributed by atoms with Gasteiger partial charge in [-0.2, -0.15) is 0 Å². The fraction of sp³-hybridized carbons (Fsp3) is 0.250. The van der Waals surface area contributed by atoms with E-state index in [-0.39, 0.29) is 6.04 Å². The summed E-state index contributed by atoms with van der Waals surface area (Å²) < 4.78 is 1.07. The average Bonchev–Trinajstić information content (AvgIpc) is 2.49. The molecule has 1 unspecified atom stereocenters. The first-order valence-corrected chi connectivity index (χ1v) is 5.55. The Morgan fingerprint density at radius 2 is 2.46 bits per heavy atom. The Balaban J connectivity index is 2.43. The van der Waals surface area contributed by atoms with Gasteiger partial charge in [0.1, 0.15) is 0 Å². The quantitative estimate of drug-likeness (QED) is 0.427. The highest BCUT2D eigenvalue weighted by Crippen LogP contribution is 2.41. The third-order valence-electron chi connectivity index (χ3n) is 1.92. The highest BCUT2D eigenvalue weighted by Gasteiger charge is 2.21. The lowest BCUT2D eigenvalue weighted by atomic mass is 10.1. The zero-order valence-electron chi connectivity index (χ0n) is 6.64. The summed E-state index contributed by atoms with van der Waals surface area (Å²) >= 11 is 5.14. The second-order valence-electron chi connectivity index (χ2n) is 2.71. The third-order valence-corrected chi connectivity index (χ3v) is 3.56. The molecule has 1 aliphatic rings. The number of benzene rings is 1. The van der Waals surface area contributed by atoms with Crippen LogP contribution in [-0.4, -0.2) is 5.75 Å². The standard InChI is InChI=1S/C8H6BrN3S/c9-5-1-2-6-7(11-12-10)4-13-8(6)3-5/h1-3,7H,4H2. The first-order valence-electron chi connectivity index (χ1n) is 3.77. The maximum atomic E-state index is 8.35. The molecule has 3 nitrogen and oxygen atoms in total. The lowest BCUT2D eigenvalue weighted by Crippen LogP contribution is -1.89. The van der Waals surface area contributed by atoms with Gasteiger partial charge in [0, 0.05) is 20.0 Å². The summed E-state index contributed by atoms with van der Waals surface area (Å²) in [5.74, 6) is 0.857. The SMILES string of the molecule is [N-]=[N+]=NC1CSc2cc(Br)ccc21. The summed E-state index contributed by atoms with van der Waals surface area (Å²) in [6.45, 7) is 0. The molecule has 5 heteroatoms. The number of thioether (sulfide) groups is 1. The summed E-state index contributed by atoms with van der Waals surface area (Å²) in [7, 11) is 0. The molecule has 66 valence electrons. The molecule has 2 rings (SSSR count). The van der Waals surface area contributed by atoms with Crippen LogP contribution in [0.15, 0.2) is 32.7 Å². The molecule has 1 aromatic carbocycles. The van der Waals surface area contributed by atoms with E-state index in [1.165, 1.54) is 4.90 Å². The van der Waals surface area contributed by atoms with Crippen LogP contribution < -0.4 is 0 Å². The molecule has 0 amide bonds. The van der Waals surface area contributed by atoms with Crippen molar-refractivity contribution in [3.05, 3.63) is 38.7 Å². The Bertz CT molecular complexity index is 387. The van der Waals surface area contributed by atoms with Gasteiger partial charge < -0.3 is 0 Å². The zero-order valence-corrected chi connectivity index (χ0v) is 9.05. The van der Waals surface area contributed by atoms with Crippen molar-refractivity contribution in [2.24, 2.45) is 5.11 Å². The van der Waals surface area contributed by atoms with E-state index >= 15 is 0 Å². The van der Waals surface area contributed by atoms with E-state index in [9.17, 15) is 0 Å². The molecule has 0 aliphatic carbocycles. The van der Waals surface area contributed by atoms with Crippen molar-refractivity contribution in [3.63, 3.8) is 0 Å². The van der Waals surface area contributed by atoms with Crippen LogP contribution in [0.3, 0.4) is 0 Å². The fourth-order valence-electron chi connectivity index (χ4n) is 1.32. The molecule has 1 atom stereocenters. The second-order valence-corrected chi connectivity index (χ2v) is 4.69. The zero-order chi connectivity index (χ0) is 9.26. The minimum Gasteiger partial charge on any atom is -0.125 e. The molecule has 0 saturated heterocycles. The van der Waals surface area contributed by atoms with Gasteiger partial charge in [-0.1, -0.05) is 27.1 Å². The first-order chi connectivity index (χ1) is 6.31. The maximum Gasteiger partial charge on any atom is 0.0730 e. The molecular weight excluding hydrogens is 250 g/mol. The van der Waals surface area contributed by atoms with E-state index in [1.807, 2.05) is 12.1 Å². The summed E-state index contributed by atoms with van der Waals surface area (Å²) in [5.41, 5.74) is 9.49. The van der Waals surface area contributed by atoms with Crippen molar-refractivity contribution < 1.29 is 0 Å². The number of fused-ring (bicyclic) bond motifs is 1. The van der Waals surface area contributed by atoms with Gasteiger partial charge in [0.05, 0.1) is 6.04 Å². The number of hydrogen-bond donors (Lipinski definition) is 0. The normalized spacial score (nSPS) is 19.3. The summed E-state index contributed by atoms with van der Waals surface area (Å²) in [5, 5.41) is 3.74. The maximum absolute atomic E-state index is 8.35. The van der Waals surface area contributed by atoms with Crippen molar-refractivity contribution in [3.8, 4) is 0 Å². The number of rotatable bonds is 1. The van der Waals surface area contributed by atoms with Crippen molar-refractivity contribution in [2.45, 2.75) is 10.9 Å². The van der Waals surface area contributed by atoms with Crippen molar-refractivity contribution >= 4 is 27.7 Å². The summed E-state index contributed by atoms with van der Waals surface area (Å²) in [6, 6.07) is 6.06. The van der Waals surface area contributed by atoms with E-state index in [0.29, 0.717) is 0 Å². The van der Waals surface area contributed by atoms with E-state index in [1.54, 1.807) is 11.8 Å². The lowest BCUT2D eigenvalue weighted by molar-refractivity contribution is 0.822. The van der Waals surface area contributed by atoms with Crippen LogP contribution in [0.4, 0.5) is 0 Å². The van der Waals surface area contributed by atoms with Crippen LogP contribution in [0.1, 0.15) is 11.6 Å². The molecular formula is C8H6BrN3S. The molecule has 0 aromatic heterocycles. The predicted octanol–water partition coefficient (Wildman–Crippen LogP) is 3.91. The first kappa shape index (κ1) is 8.94. The highest BCUT2D eigenvalue weighted by molar-refractivity contribution is 9.10. The molecule has 0 radical (unpaired) electrons. The van der Waals surface area contributed by atoms with Gasteiger partial charge in [0.2, 0.25) is 0 Å². The van der Waals surface area contributed by atoms with Crippen LogP contribution in [0.25, 0.3) is 10.4 Å². The topological polar surface area (TPSA) is 48.8 Å². The van der Waals surface area contributed by atoms with Crippen LogP contribution in [-0.2, 0) is 0 Å². The minimum absolute atomic E-state index is 0.0121. The summed E-state index contributed by atoms with van der Waals surface area (Å²) in [4.78, 5) is 4.05. The molecule has 1 aromatic rings. The lowest BCUT2D eigenvalue weighted by Gasteiger charge is -2.01. The van der Waals surface area contributed by atoms with Gasteiger partial charge in [-0.15, -0.1) is 11.8 Å². The van der Waals surface area contributed by atoms with Gasteiger partial charge in [-0.05, 0) is 23.2 Å². The smallest absolute Gasteiger partial charge is 0.0730 e. The van der Waals surface area contributed by atoms with Crippen LogP contribution >= 0.6 is 27.7 Å². The van der Waals surface area contributed by atoms with E-state index in [0.717, 1.165) is 15.8 Å². The van der Waals surface area contributed by atoms with Crippen molar-refractivity contribution in [2.75, 3.05) is 5.75 Å². The largest absolute Gasteiger partial charge is 0.125 e. The van der Waals surface area contributed by atoms with Crippen LogP contribution in [0.2, 0.25) is 0 Å². The number of nitrogens with zero attached hydrogens (tertiary/aromatic N) is 3. The van der Waals surface area contributed by atoms with Crippen LogP contribution in [0.5, 0.6) is 0 Å². The second kappa shape index (κ2) is 3.62. The molecule has 0 spiro atoms. The van der Waals surface area contributed by atoms with Gasteiger partial charge in [-0.25, -0.2) is 0 Å². The molecule has 0 N–H and O–H groups in total. The Kier molecular flexibility index (Phi) is 2.49. The molecule has 0 saturated carbocycles. The predicted molar refractivity (Wildman–Crippen MR) is 56.8 cm³/mol. The Morgan fingerprint density at radius 3 is 3.23 bits per heavy atom. The molecule has 0 fully saturated rings. The van der Waals surface area contributed by atoms with E-state index < -0.39 is 0 Å². The molecule has 1 aliphatic heterocycles. The van der Waals surface area contributed by atoms with Gasteiger partial charge in [0.15, 0.2) is 0 Å². The third kappa shape index (κ3) is 1.68. The van der Waals surface area contributed by atoms with Crippen LogP contribution in [0, 0.1) is 0 Å². The Morgan fingerprint density at radius 1 is 1.62 bits per heavy atom. The number of halogens is 1. The van der Waals surface area contributed by atoms with E-state index in [2.05, 4.69) is 32.0 Å². The van der Waals surface area contributed by atoms with Crippen molar-refractivity contribution in [1.29, 1.82) is 0 Å². The average molecular weight is 256 g/mol. The van der Waals surface area contributed by atoms with Crippen molar-refractivity contribution in [1.82, 2.24) is 0 Å². The van der Waals surface area contributed by atoms with E-state index in [4.69, 9.17) is 5.53 Å². The van der Waals surface area contributed by atoms with Gasteiger partial charge in [0.25, 0.3) is 0 Å². The molecule has 0 bridgehead atoms. The van der Waals surface area contributed by atoms with Gasteiger partial charge in [-0.3, -0.25) is 0 Å². The monoisotopic (exact) mass is 255 g/mol. The summed E-state index contributed by atoms with van der Waals surface area (Å²) in [6.07, 6.45) is 0. The highest BCUT2D eigenvalue weighted by atomic mass is 79.9. The molecule has 1 heterocycles. The number of azide groups is 1.